The van der Waals surface area contributed by atoms with Gasteiger partial charge in [0.05, 0.1) is 0 Å². The van der Waals surface area contributed by atoms with Crippen molar-refractivity contribution in [2.75, 3.05) is 27.2 Å². The molecule has 1 N–H and O–H groups in total. The van der Waals surface area contributed by atoms with E-state index in [1.165, 1.54) is 18.0 Å². The van der Waals surface area contributed by atoms with E-state index < -0.39 is 23.1 Å². The highest BCUT2D eigenvalue weighted by Gasteiger charge is 2.19. The van der Waals surface area contributed by atoms with E-state index in [2.05, 4.69) is 5.32 Å². The Kier molecular flexibility index (Phi) is 5.03. The van der Waals surface area contributed by atoms with Crippen LogP contribution in [0.1, 0.15) is 16.8 Å². The predicted molar refractivity (Wildman–Crippen MR) is 61.9 cm³/mol. The minimum absolute atomic E-state index is 0.452. The van der Waals surface area contributed by atoms with E-state index in [0.717, 1.165) is 25.1 Å². The van der Waals surface area contributed by atoms with Gasteiger partial charge in [-0.05, 0) is 32.1 Å². The Balaban J connectivity index is 2.75. The zero-order valence-electron chi connectivity index (χ0n) is 9.96. The van der Waals surface area contributed by atoms with Gasteiger partial charge in [-0.3, -0.25) is 4.79 Å². The highest BCUT2D eigenvalue weighted by molar-refractivity contribution is 5.94. The number of hydrogen-bond acceptors (Lipinski definition) is 2. The number of nitrogens with one attached hydrogen (secondary N) is 1. The first-order valence-electron chi connectivity index (χ1n) is 5.42. The van der Waals surface area contributed by atoms with E-state index in [0.29, 0.717) is 6.54 Å². The molecule has 0 radical (unpaired) electrons. The summed E-state index contributed by atoms with van der Waals surface area (Å²) < 4.78 is 26.7. The molecule has 17 heavy (non-hydrogen) atoms. The Morgan fingerprint density at radius 1 is 1.35 bits per heavy atom. The van der Waals surface area contributed by atoms with Crippen LogP contribution in [0.25, 0.3) is 0 Å². The number of hydrogen-bond donors (Lipinski definition) is 1. The average molecular weight is 242 g/mol. The van der Waals surface area contributed by atoms with Crippen molar-refractivity contribution >= 4 is 5.91 Å². The van der Waals surface area contributed by atoms with Gasteiger partial charge < -0.3 is 10.2 Å². The molecule has 94 valence electrons. The van der Waals surface area contributed by atoms with Crippen LogP contribution in [0, 0.1) is 11.6 Å². The van der Waals surface area contributed by atoms with Crippen molar-refractivity contribution in [2.24, 2.45) is 0 Å². The fraction of sp³-hybridized carbons (Fsp3) is 0.417. The van der Waals surface area contributed by atoms with Crippen molar-refractivity contribution in [3.63, 3.8) is 0 Å². The van der Waals surface area contributed by atoms with E-state index >= 15 is 0 Å². The summed E-state index contributed by atoms with van der Waals surface area (Å²) in [6, 6.07) is 3.40. The normalized spacial score (nSPS) is 10.4. The molecule has 5 heteroatoms. The molecule has 0 saturated carbocycles. The molecule has 0 bridgehead atoms. The number of rotatable bonds is 5. The summed E-state index contributed by atoms with van der Waals surface area (Å²) in [6.07, 6.45) is 0.731. The van der Waals surface area contributed by atoms with Crippen LogP contribution in [0.4, 0.5) is 8.78 Å². The van der Waals surface area contributed by atoms with Crippen molar-refractivity contribution in [2.45, 2.75) is 6.42 Å². The number of carbonyl (C=O) groups excluding carboxylic acids is 1. The lowest BCUT2D eigenvalue weighted by Gasteiger charge is -2.17. The van der Waals surface area contributed by atoms with Crippen molar-refractivity contribution in [1.82, 2.24) is 10.2 Å². The number of amides is 1. The number of halogens is 2. The van der Waals surface area contributed by atoms with Gasteiger partial charge in [0.25, 0.3) is 5.91 Å². The maximum absolute atomic E-state index is 13.3. The van der Waals surface area contributed by atoms with Crippen molar-refractivity contribution in [1.29, 1.82) is 0 Å². The highest BCUT2D eigenvalue weighted by Crippen LogP contribution is 2.14. The fourth-order valence-electron chi connectivity index (χ4n) is 1.49. The quantitative estimate of drug-likeness (QED) is 0.796. The van der Waals surface area contributed by atoms with E-state index in [4.69, 9.17) is 0 Å². The smallest absolute Gasteiger partial charge is 0.259 e. The van der Waals surface area contributed by atoms with Crippen LogP contribution in [0.2, 0.25) is 0 Å². The number of nitrogens with zero attached hydrogens (tertiary/aromatic N) is 1. The van der Waals surface area contributed by atoms with Gasteiger partial charge in [0, 0.05) is 13.6 Å². The molecule has 0 aliphatic heterocycles. The molecule has 1 aromatic rings. The van der Waals surface area contributed by atoms with Gasteiger partial charge in [-0.15, -0.1) is 0 Å². The summed E-state index contributed by atoms with van der Waals surface area (Å²) in [7, 11) is 3.34. The van der Waals surface area contributed by atoms with Crippen molar-refractivity contribution in [3.8, 4) is 0 Å². The van der Waals surface area contributed by atoms with Gasteiger partial charge in [0.2, 0.25) is 0 Å². The molecule has 0 unspecified atom stereocenters. The second-order valence-corrected chi connectivity index (χ2v) is 3.78. The van der Waals surface area contributed by atoms with Gasteiger partial charge in [0.15, 0.2) is 0 Å². The summed E-state index contributed by atoms with van der Waals surface area (Å²) in [5, 5.41) is 2.94. The molecule has 0 aromatic heterocycles. The van der Waals surface area contributed by atoms with Gasteiger partial charge >= 0.3 is 0 Å². The van der Waals surface area contributed by atoms with Gasteiger partial charge in [0.1, 0.15) is 17.2 Å². The minimum Gasteiger partial charge on any atom is -0.341 e. The van der Waals surface area contributed by atoms with Crippen molar-refractivity contribution in [3.05, 3.63) is 35.4 Å². The van der Waals surface area contributed by atoms with E-state index in [1.54, 1.807) is 7.05 Å². The van der Waals surface area contributed by atoms with Gasteiger partial charge in [-0.25, -0.2) is 8.78 Å². The lowest BCUT2D eigenvalue weighted by atomic mass is 10.1. The second kappa shape index (κ2) is 6.30. The third kappa shape index (κ3) is 3.49. The Morgan fingerprint density at radius 2 is 1.94 bits per heavy atom. The van der Waals surface area contributed by atoms with Crippen molar-refractivity contribution < 1.29 is 13.6 Å². The average Bonchev–Trinajstić information content (AvgIpc) is 2.28. The number of benzene rings is 1. The van der Waals surface area contributed by atoms with Gasteiger partial charge in [-0.2, -0.15) is 0 Å². The zero-order chi connectivity index (χ0) is 12.8. The van der Waals surface area contributed by atoms with Gasteiger partial charge in [-0.1, -0.05) is 6.07 Å². The molecule has 1 rings (SSSR count). The molecular formula is C12H16F2N2O. The molecule has 0 spiro atoms. The standard InChI is InChI=1S/C12H16F2N2O/c1-15-7-4-8-16(2)12(17)11-9(13)5-3-6-10(11)14/h3,5-6,15H,4,7-8H2,1-2H3. The summed E-state index contributed by atoms with van der Waals surface area (Å²) >= 11 is 0. The van der Waals surface area contributed by atoms with Crippen LogP contribution in [-0.2, 0) is 0 Å². The van der Waals surface area contributed by atoms with Crippen LogP contribution in [-0.4, -0.2) is 38.0 Å². The molecule has 0 heterocycles. The predicted octanol–water partition coefficient (Wildman–Crippen LogP) is 1.65. The van der Waals surface area contributed by atoms with Crippen LogP contribution >= 0.6 is 0 Å². The first-order chi connectivity index (χ1) is 8.07. The largest absolute Gasteiger partial charge is 0.341 e. The monoisotopic (exact) mass is 242 g/mol. The first-order valence-corrected chi connectivity index (χ1v) is 5.42. The molecule has 0 saturated heterocycles. The lowest BCUT2D eigenvalue weighted by Crippen LogP contribution is -2.30. The highest BCUT2D eigenvalue weighted by atomic mass is 19.1. The molecule has 0 atom stereocenters. The van der Waals surface area contributed by atoms with E-state index in [1.807, 2.05) is 0 Å². The summed E-state index contributed by atoms with van der Waals surface area (Å²) in [6.45, 7) is 1.20. The summed E-state index contributed by atoms with van der Waals surface area (Å²) in [5.74, 6) is -2.28. The first kappa shape index (κ1) is 13.6. The van der Waals surface area contributed by atoms with Crippen LogP contribution in [0.15, 0.2) is 18.2 Å². The Labute approximate surface area is 99.4 Å². The molecular weight excluding hydrogens is 226 g/mol. The third-order valence-corrected chi connectivity index (χ3v) is 2.44. The lowest BCUT2D eigenvalue weighted by molar-refractivity contribution is 0.0784. The SMILES string of the molecule is CNCCCN(C)C(=O)c1c(F)cccc1F. The molecule has 0 aliphatic carbocycles. The molecule has 0 aliphatic rings. The summed E-state index contributed by atoms with van der Waals surface area (Å²) in [5.41, 5.74) is -0.487. The topological polar surface area (TPSA) is 32.3 Å². The molecule has 1 aromatic carbocycles. The maximum Gasteiger partial charge on any atom is 0.259 e. The molecule has 1 amide bonds. The van der Waals surface area contributed by atoms with E-state index in [9.17, 15) is 13.6 Å². The third-order valence-electron chi connectivity index (χ3n) is 2.44. The zero-order valence-corrected chi connectivity index (χ0v) is 9.96. The fourth-order valence-corrected chi connectivity index (χ4v) is 1.49. The molecule has 3 nitrogen and oxygen atoms in total. The molecule has 0 fully saturated rings. The van der Waals surface area contributed by atoms with Crippen LogP contribution in [0.3, 0.4) is 0 Å². The summed E-state index contributed by atoms with van der Waals surface area (Å²) in [4.78, 5) is 13.1. The van der Waals surface area contributed by atoms with Crippen LogP contribution in [0.5, 0.6) is 0 Å². The maximum atomic E-state index is 13.3. The van der Waals surface area contributed by atoms with E-state index in [-0.39, 0.29) is 0 Å². The second-order valence-electron chi connectivity index (χ2n) is 3.78. The Hall–Kier alpha value is -1.49. The Morgan fingerprint density at radius 3 is 2.47 bits per heavy atom. The Bertz CT molecular complexity index is 376. The van der Waals surface area contributed by atoms with Crippen LogP contribution < -0.4 is 5.32 Å². The number of carbonyl (C=O) groups is 1. The minimum atomic E-state index is -0.824.